The number of hydrogen-bond acceptors (Lipinski definition) is 6. The highest BCUT2D eigenvalue weighted by Gasteiger charge is 2.23. The van der Waals surface area contributed by atoms with Gasteiger partial charge in [-0.2, -0.15) is 5.10 Å². The summed E-state index contributed by atoms with van der Waals surface area (Å²) in [6, 6.07) is 6.74. The molecule has 1 aromatic heterocycles. The molecule has 1 aromatic carbocycles. The van der Waals surface area contributed by atoms with Crippen LogP contribution in [0.2, 0.25) is 0 Å². The summed E-state index contributed by atoms with van der Waals surface area (Å²) in [6.45, 7) is 1.83. The molecule has 0 unspecified atom stereocenters. The summed E-state index contributed by atoms with van der Waals surface area (Å²) in [5.74, 6) is -1.29. The van der Waals surface area contributed by atoms with Crippen LogP contribution in [0.5, 0.6) is 0 Å². The molecule has 0 bridgehead atoms. The average molecular weight is 289 g/mol. The zero-order chi connectivity index (χ0) is 15.4. The Kier molecular flexibility index (Phi) is 4.07. The van der Waals surface area contributed by atoms with Crippen LogP contribution in [0.25, 0.3) is 0 Å². The number of ether oxygens (including phenoxy) is 1. The maximum Gasteiger partial charge on any atom is 0.356 e. The molecular formula is C13H11N3O5. The molecule has 8 heteroatoms. The Hall–Kier alpha value is -3.03. The van der Waals surface area contributed by atoms with Crippen molar-refractivity contribution in [1.82, 2.24) is 10.2 Å². The van der Waals surface area contributed by atoms with Crippen LogP contribution in [0, 0.1) is 10.1 Å². The van der Waals surface area contributed by atoms with Crippen molar-refractivity contribution in [3.63, 3.8) is 0 Å². The van der Waals surface area contributed by atoms with Crippen molar-refractivity contribution in [2.75, 3.05) is 6.61 Å². The summed E-state index contributed by atoms with van der Waals surface area (Å²) in [6.07, 6.45) is 0. The maximum absolute atomic E-state index is 12.2. The third kappa shape index (κ3) is 2.94. The first kappa shape index (κ1) is 14.4. The number of carbonyl (C=O) groups excluding carboxylic acids is 2. The number of nitro groups is 1. The fraction of sp³-hybridized carbons (Fsp3) is 0.154. The summed E-state index contributed by atoms with van der Waals surface area (Å²) in [4.78, 5) is 34.0. The minimum Gasteiger partial charge on any atom is -0.461 e. The van der Waals surface area contributed by atoms with Crippen molar-refractivity contribution in [3.05, 3.63) is 57.4 Å². The Morgan fingerprint density at radius 1 is 1.38 bits per heavy atom. The van der Waals surface area contributed by atoms with Crippen LogP contribution in [0.3, 0.4) is 0 Å². The van der Waals surface area contributed by atoms with Gasteiger partial charge in [0.05, 0.1) is 11.5 Å². The minimum atomic E-state index is -0.647. The molecule has 0 aliphatic carbocycles. The average Bonchev–Trinajstić information content (AvgIpc) is 2.96. The smallest absolute Gasteiger partial charge is 0.356 e. The number of esters is 1. The largest absolute Gasteiger partial charge is 0.461 e. The normalized spacial score (nSPS) is 10.1. The zero-order valence-electron chi connectivity index (χ0n) is 11.0. The molecule has 0 saturated heterocycles. The van der Waals surface area contributed by atoms with Gasteiger partial charge in [-0.05, 0) is 13.0 Å². The highest BCUT2D eigenvalue weighted by molar-refractivity contribution is 6.11. The number of nitrogens with one attached hydrogen (secondary N) is 1. The van der Waals surface area contributed by atoms with Crippen LogP contribution in [0.4, 0.5) is 5.69 Å². The van der Waals surface area contributed by atoms with E-state index in [1.807, 2.05) is 0 Å². The standard InChI is InChI=1S/C13H11N3O5/c1-2-21-13(18)10-7-9(14-15-10)12(17)8-5-3-4-6-11(8)16(19)20/h3-7H,2H2,1H3,(H,14,15). The van der Waals surface area contributed by atoms with E-state index in [9.17, 15) is 19.7 Å². The van der Waals surface area contributed by atoms with Gasteiger partial charge in [0.15, 0.2) is 0 Å². The number of carbonyl (C=O) groups is 2. The first-order valence-corrected chi connectivity index (χ1v) is 6.05. The van der Waals surface area contributed by atoms with Crippen LogP contribution in [0.15, 0.2) is 30.3 Å². The number of hydrogen-bond donors (Lipinski definition) is 1. The molecule has 108 valence electrons. The molecule has 2 rings (SSSR count). The van der Waals surface area contributed by atoms with E-state index < -0.39 is 16.7 Å². The van der Waals surface area contributed by atoms with Crippen LogP contribution in [-0.2, 0) is 4.74 Å². The van der Waals surface area contributed by atoms with Crippen molar-refractivity contribution in [3.8, 4) is 0 Å². The Morgan fingerprint density at radius 3 is 2.76 bits per heavy atom. The van der Waals surface area contributed by atoms with Gasteiger partial charge in [-0.25, -0.2) is 4.79 Å². The Balaban J connectivity index is 2.33. The number of aromatic amines is 1. The van der Waals surface area contributed by atoms with E-state index in [1.54, 1.807) is 6.92 Å². The monoisotopic (exact) mass is 289 g/mol. The molecule has 2 aromatic rings. The summed E-state index contributed by atoms with van der Waals surface area (Å²) < 4.78 is 4.76. The molecule has 0 aliphatic rings. The fourth-order valence-electron chi connectivity index (χ4n) is 1.71. The van der Waals surface area contributed by atoms with Crippen LogP contribution < -0.4 is 0 Å². The Morgan fingerprint density at radius 2 is 2.10 bits per heavy atom. The second-order valence-electron chi connectivity index (χ2n) is 3.99. The zero-order valence-corrected chi connectivity index (χ0v) is 11.0. The van der Waals surface area contributed by atoms with Crippen LogP contribution in [-0.4, -0.2) is 33.5 Å². The van der Waals surface area contributed by atoms with E-state index in [-0.39, 0.29) is 29.2 Å². The third-order valence-corrected chi connectivity index (χ3v) is 2.65. The second kappa shape index (κ2) is 5.95. The minimum absolute atomic E-state index is 0.0128. The topological polar surface area (TPSA) is 115 Å². The van der Waals surface area contributed by atoms with E-state index in [0.29, 0.717) is 0 Å². The van der Waals surface area contributed by atoms with Gasteiger partial charge in [-0.3, -0.25) is 20.0 Å². The molecule has 21 heavy (non-hydrogen) atoms. The molecule has 0 fully saturated rings. The molecule has 0 aliphatic heterocycles. The first-order valence-electron chi connectivity index (χ1n) is 6.05. The summed E-state index contributed by atoms with van der Waals surface area (Å²) in [5, 5.41) is 17.0. The number of H-pyrrole nitrogens is 1. The predicted octanol–water partition coefficient (Wildman–Crippen LogP) is 1.73. The summed E-state index contributed by atoms with van der Waals surface area (Å²) in [7, 11) is 0. The molecule has 1 N–H and O–H groups in total. The number of rotatable bonds is 5. The van der Waals surface area contributed by atoms with E-state index in [0.717, 1.165) is 0 Å². The first-order chi connectivity index (χ1) is 10.0. The van der Waals surface area contributed by atoms with E-state index in [4.69, 9.17) is 4.74 Å². The highest BCUT2D eigenvalue weighted by Crippen LogP contribution is 2.20. The van der Waals surface area contributed by atoms with Crippen LogP contribution >= 0.6 is 0 Å². The molecule has 0 radical (unpaired) electrons. The van der Waals surface area contributed by atoms with Crippen molar-refractivity contribution in [2.24, 2.45) is 0 Å². The van der Waals surface area contributed by atoms with Gasteiger partial charge in [0.25, 0.3) is 5.69 Å². The summed E-state index contributed by atoms with van der Waals surface area (Å²) >= 11 is 0. The van der Waals surface area contributed by atoms with E-state index in [1.165, 1.54) is 30.3 Å². The lowest BCUT2D eigenvalue weighted by atomic mass is 10.1. The number of benzene rings is 1. The molecule has 1 heterocycles. The number of aromatic nitrogens is 2. The van der Waals surface area contributed by atoms with Crippen molar-refractivity contribution >= 4 is 17.4 Å². The molecule has 0 atom stereocenters. The number of nitro benzene ring substituents is 1. The lowest BCUT2D eigenvalue weighted by Crippen LogP contribution is -2.06. The molecule has 0 spiro atoms. The van der Waals surface area contributed by atoms with Gasteiger partial charge in [0.2, 0.25) is 5.78 Å². The van der Waals surface area contributed by atoms with Gasteiger partial charge in [0.1, 0.15) is 17.0 Å². The van der Waals surface area contributed by atoms with Gasteiger partial charge >= 0.3 is 5.97 Å². The maximum atomic E-state index is 12.2. The van der Waals surface area contributed by atoms with Gasteiger partial charge in [0, 0.05) is 12.1 Å². The summed E-state index contributed by atoms with van der Waals surface area (Å²) in [5.41, 5.74) is -0.487. The van der Waals surface area contributed by atoms with Crippen molar-refractivity contribution < 1.29 is 19.2 Å². The van der Waals surface area contributed by atoms with Gasteiger partial charge in [-0.1, -0.05) is 12.1 Å². The lowest BCUT2D eigenvalue weighted by Gasteiger charge is -1.99. The molecule has 8 nitrogen and oxygen atoms in total. The fourth-order valence-corrected chi connectivity index (χ4v) is 1.71. The molecular weight excluding hydrogens is 278 g/mol. The predicted molar refractivity (Wildman–Crippen MR) is 71.1 cm³/mol. The highest BCUT2D eigenvalue weighted by atomic mass is 16.6. The molecule has 0 saturated carbocycles. The third-order valence-electron chi connectivity index (χ3n) is 2.65. The SMILES string of the molecule is CCOC(=O)c1cc(C(=O)c2ccccc2[N+](=O)[O-])n[nH]1. The van der Waals surface area contributed by atoms with Crippen LogP contribution in [0.1, 0.15) is 33.5 Å². The van der Waals surface area contributed by atoms with Crippen molar-refractivity contribution in [2.45, 2.75) is 6.92 Å². The van der Waals surface area contributed by atoms with Gasteiger partial charge in [-0.15, -0.1) is 0 Å². The van der Waals surface area contributed by atoms with Gasteiger partial charge < -0.3 is 4.74 Å². The number of nitrogens with zero attached hydrogens (tertiary/aromatic N) is 2. The Bertz CT molecular complexity index is 707. The molecule has 0 amide bonds. The second-order valence-corrected chi connectivity index (χ2v) is 3.99. The Labute approximate surface area is 118 Å². The van der Waals surface area contributed by atoms with Crippen molar-refractivity contribution in [1.29, 1.82) is 0 Å². The lowest BCUT2D eigenvalue weighted by molar-refractivity contribution is -0.385. The number of para-hydroxylation sites is 1. The van der Waals surface area contributed by atoms with E-state index in [2.05, 4.69) is 10.2 Å². The quantitative estimate of drug-likeness (QED) is 0.388. The van der Waals surface area contributed by atoms with E-state index >= 15 is 0 Å². The number of ketones is 1.